The third-order valence-electron chi connectivity index (χ3n) is 5.59. The zero-order valence-corrected chi connectivity index (χ0v) is 18.2. The maximum atomic E-state index is 5.41. The molecule has 8 heteroatoms. The Labute approximate surface area is 174 Å². The van der Waals surface area contributed by atoms with Gasteiger partial charge in [0.15, 0.2) is 5.11 Å². The molecule has 0 unspecified atom stereocenters. The Morgan fingerprint density at radius 2 is 2.00 bits per heavy atom. The standard InChI is InChI=1S/C20H34N6OS/c1-15-7-6-10-25(14-15)17-13-18(26-11-5-4-8-16(26)2)23-19(22-17)24-20(28)21-9-12-27-3/h13,15-16H,4-12,14H2,1-3H3,(H2,21,22,23,24,28)/t15-,16-/m1/s1. The molecule has 28 heavy (non-hydrogen) atoms. The van der Waals surface area contributed by atoms with Crippen LogP contribution in [-0.4, -0.2) is 61.0 Å². The first-order valence-electron chi connectivity index (χ1n) is 10.5. The summed E-state index contributed by atoms with van der Waals surface area (Å²) in [6.45, 7) is 8.99. The fourth-order valence-electron chi connectivity index (χ4n) is 4.04. The van der Waals surface area contributed by atoms with Crippen LogP contribution in [0.2, 0.25) is 0 Å². The number of methoxy groups -OCH3 is 1. The van der Waals surface area contributed by atoms with E-state index < -0.39 is 0 Å². The van der Waals surface area contributed by atoms with Crippen molar-refractivity contribution in [2.24, 2.45) is 5.92 Å². The summed E-state index contributed by atoms with van der Waals surface area (Å²) in [6.07, 6.45) is 6.21. The van der Waals surface area contributed by atoms with Crippen molar-refractivity contribution in [3.63, 3.8) is 0 Å². The van der Waals surface area contributed by atoms with Crippen molar-refractivity contribution < 1.29 is 4.74 Å². The quantitative estimate of drug-likeness (QED) is 0.552. The fourth-order valence-corrected chi connectivity index (χ4v) is 4.23. The van der Waals surface area contributed by atoms with Crippen molar-refractivity contribution in [2.75, 3.05) is 55.0 Å². The van der Waals surface area contributed by atoms with Crippen LogP contribution in [-0.2, 0) is 4.74 Å². The molecule has 2 atom stereocenters. The predicted octanol–water partition coefficient (Wildman–Crippen LogP) is 3.02. The van der Waals surface area contributed by atoms with Gasteiger partial charge in [-0.2, -0.15) is 9.97 Å². The van der Waals surface area contributed by atoms with E-state index in [0.717, 1.165) is 31.3 Å². The molecule has 0 bridgehead atoms. The van der Waals surface area contributed by atoms with Crippen LogP contribution in [0.25, 0.3) is 0 Å². The third-order valence-corrected chi connectivity index (χ3v) is 5.84. The first kappa shape index (κ1) is 21.0. The van der Waals surface area contributed by atoms with E-state index >= 15 is 0 Å². The van der Waals surface area contributed by atoms with Gasteiger partial charge in [-0.3, -0.25) is 0 Å². The lowest BCUT2D eigenvalue weighted by molar-refractivity contribution is 0.204. The average molecular weight is 407 g/mol. The molecule has 1 aromatic heterocycles. The number of piperidine rings is 2. The molecule has 3 heterocycles. The maximum Gasteiger partial charge on any atom is 0.232 e. The molecule has 2 aliphatic heterocycles. The average Bonchev–Trinajstić information content (AvgIpc) is 2.68. The van der Waals surface area contributed by atoms with Crippen LogP contribution in [0.1, 0.15) is 46.0 Å². The second kappa shape index (κ2) is 10.2. The second-order valence-electron chi connectivity index (χ2n) is 8.01. The van der Waals surface area contributed by atoms with E-state index in [1.165, 1.54) is 32.1 Å². The number of aromatic nitrogens is 2. The number of anilines is 3. The largest absolute Gasteiger partial charge is 0.383 e. The number of hydrogen-bond acceptors (Lipinski definition) is 6. The number of ether oxygens (including phenoxy) is 1. The molecule has 0 aliphatic carbocycles. The van der Waals surface area contributed by atoms with Crippen molar-refractivity contribution in [3.05, 3.63) is 6.07 Å². The number of nitrogens with zero attached hydrogens (tertiary/aromatic N) is 4. The van der Waals surface area contributed by atoms with Crippen LogP contribution >= 0.6 is 12.2 Å². The van der Waals surface area contributed by atoms with Gasteiger partial charge in [-0.05, 0) is 57.2 Å². The van der Waals surface area contributed by atoms with Gasteiger partial charge in [-0.1, -0.05) is 6.92 Å². The van der Waals surface area contributed by atoms with Gasteiger partial charge < -0.3 is 25.2 Å². The van der Waals surface area contributed by atoms with Gasteiger partial charge in [0.25, 0.3) is 0 Å². The van der Waals surface area contributed by atoms with E-state index in [1.807, 2.05) is 0 Å². The Bertz CT molecular complexity index is 658. The Kier molecular flexibility index (Phi) is 7.67. The Morgan fingerprint density at radius 1 is 1.18 bits per heavy atom. The van der Waals surface area contributed by atoms with Gasteiger partial charge in [-0.25, -0.2) is 0 Å². The molecule has 0 spiro atoms. The summed E-state index contributed by atoms with van der Waals surface area (Å²) in [6, 6.07) is 2.66. The zero-order chi connectivity index (χ0) is 19.9. The van der Waals surface area contributed by atoms with E-state index in [-0.39, 0.29) is 0 Å². The topological polar surface area (TPSA) is 65.6 Å². The van der Waals surface area contributed by atoms with Crippen LogP contribution in [0, 0.1) is 5.92 Å². The summed E-state index contributed by atoms with van der Waals surface area (Å²) in [5.74, 6) is 3.25. The molecular formula is C20H34N6OS. The maximum absolute atomic E-state index is 5.41. The monoisotopic (exact) mass is 406 g/mol. The lowest BCUT2D eigenvalue weighted by atomic mass is 10.0. The highest BCUT2D eigenvalue weighted by Gasteiger charge is 2.24. The molecule has 2 fully saturated rings. The number of hydrogen-bond donors (Lipinski definition) is 2. The first-order chi connectivity index (χ1) is 13.6. The van der Waals surface area contributed by atoms with E-state index in [1.54, 1.807) is 7.11 Å². The molecular weight excluding hydrogens is 372 g/mol. The van der Waals surface area contributed by atoms with Crippen LogP contribution in [0.4, 0.5) is 17.6 Å². The number of thiocarbonyl (C=S) groups is 1. The predicted molar refractivity (Wildman–Crippen MR) is 119 cm³/mol. The summed E-state index contributed by atoms with van der Waals surface area (Å²) in [7, 11) is 1.68. The number of nitrogens with one attached hydrogen (secondary N) is 2. The second-order valence-corrected chi connectivity index (χ2v) is 8.42. The van der Waals surface area contributed by atoms with Gasteiger partial charge in [0.05, 0.1) is 6.61 Å². The summed E-state index contributed by atoms with van der Waals surface area (Å²) in [4.78, 5) is 14.4. The van der Waals surface area contributed by atoms with Crippen molar-refractivity contribution in [2.45, 2.75) is 52.0 Å². The van der Waals surface area contributed by atoms with E-state index in [0.29, 0.717) is 36.2 Å². The minimum Gasteiger partial charge on any atom is -0.383 e. The van der Waals surface area contributed by atoms with Crippen LogP contribution < -0.4 is 20.4 Å². The smallest absolute Gasteiger partial charge is 0.232 e. The van der Waals surface area contributed by atoms with Crippen LogP contribution in [0.15, 0.2) is 6.07 Å². The lowest BCUT2D eigenvalue weighted by Gasteiger charge is -2.36. The van der Waals surface area contributed by atoms with Crippen molar-refractivity contribution in [3.8, 4) is 0 Å². The molecule has 7 nitrogen and oxygen atoms in total. The molecule has 3 rings (SSSR count). The Balaban J connectivity index is 1.82. The van der Waals surface area contributed by atoms with Gasteiger partial charge in [-0.15, -0.1) is 0 Å². The first-order valence-corrected chi connectivity index (χ1v) is 10.9. The number of rotatable bonds is 6. The molecule has 0 aromatic carbocycles. The van der Waals surface area contributed by atoms with Crippen molar-refractivity contribution in [1.29, 1.82) is 0 Å². The summed E-state index contributed by atoms with van der Waals surface area (Å²) < 4.78 is 5.07. The molecule has 2 N–H and O–H groups in total. The van der Waals surface area contributed by atoms with Gasteiger partial charge in [0.2, 0.25) is 5.95 Å². The summed E-state index contributed by atoms with van der Waals surface area (Å²) in [5, 5.41) is 6.84. The van der Waals surface area contributed by atoms with Crippen molar-refractivity contribution >= 4 is 34.9 Å². The lowest BCUT2D eigenvalue weighted by Crippen LogP contribution is -2.39. The molecule has 156 valence electrons. The normalized spacial score (nSPS) is 22.8. The molecule has 2 saturated heterocycles. The highest BCUT2D eigenvalue weighted by atomic mass is 32.1. The van der Waals surface area contributed by atoms with Gasteiger partial charge in [0.1, 0.15) is 11.6 Å². The third kappa shape index (κ3) is 5.67. The summed E-state index contributed by atoms with van der Waals surface area (Å²) in [5.41, 5.74) is 0. The highest BCUT2D eigenvalue weighted by molar-refractivity contribution is 7.80. The SMILES string of the molecule is COCCNC(=S)Nc1nc(N2CCC[C@@H](C)C2)cc(N2CCCC[C@H]2C)n1. The van der Waals surface area contributed by atoms with E-state index in [4.69, 9.17) is 26.9 Å². The minimum absolute atomic E-state index is 0.497. The van der Waals surface area contributed by atoms with E-state index in [9.17, 15) is 0 Å². The minimum atomic E-state index is 0.497. The molecule has 1 aromatic rings. The molecule has 0 amide bonds. The molecule has 2 aliphatic rings. The summed E-state index contributed by atoms with van der Waals surface area (Å²) >= 11 is 5.41. The van der Waals surface area contributed by atoms with Crippen LogP contribution in [0.3, 0.4) is 0 Å². The van der Waals surface area contributed by atoms with Crippen LogP contribution in [0.5, 0.6) is 0 Å². The Morgan fingerprint density at radius 3 is 2.75 bits per heavy atom. The van der Waals surface area contributed by atoms with Gasteiger partial charge >= 0.3 is 0 Å². The molecule has 0 saturated carbocycles. The molecule has 0 radical (unpaired) electrons. The van der Waals surface area contributed by atoms with Gasteiger partial charge in [0, 0.05) is 45.4 Å². The Hall–Kier alpha value is -1.67. The zero-order valence-electron chi connectivity index (χ0n) is 17.4. The van der Waals surface area contributed by atoms with Crippen molar-refractivity contribution in [1.82, 2.24) is 15.3 Å². The highest BCUT2D eigenvalue weighted by Crippen LogP contribution is 2.29. The van der Waals surface area contributed by atoms with E-state index in [2.05, 4.69) is 40.3 Å². The fraction of sp³-hybridized carbons (Fsp3) is 0.750.